The highest BCUT2D eigenvalue weighted by atomic mass is 35.5. The van der Waals surface area contributed by atoms with Gasteiger partial charge in [0.25, 0.3) is 11.1 Å². The first-order chi connectivity index (χ1) is 14.4. The van der Waals surface area contributed by atoms with E-state index in [2.05, 4.69) is 15.5 Å². The van der Waals surface area contributed by atoms with E-state index in [0.717, 1.165) is 15.6 Å². The molecule has 1 N–H and O–H groups in total. The lowest BCUT2D eigenvalue weighted by molar-refractivity contribution is -0.120. The van der Waals surface area contributed by atoms with E-state index >= 15 is 0 Å². The third kappa shape index (κ3) is 4.35. The molecule has 2 aromatic carbocycles. The average Bonchev–Trinajstić information content (AvgIpc) is 3.33. The van der Waals surface area contributed by atoms with Crippen molar-refractivity contribution >= 4 is 50.7 Å². The van der Waals surface area contributed by atoms with E-state index in [-0.39, 0.29) is 23.0 Å². The van der Waals surface area contributed by atoms with Crippen LogP contribution >= 0.6 is 34.7 Å². The fourth-order valence-corrected chi connectivity index (χ4v) is 5.00. The summed E-state index contributed by atoms with van der Waals surface area (Å²) in [6.45, 7) is 3.60. The minimum Gasteiger partial charge on any atom is -0.410 e. The molecular weight excluding hydrogens is 445 g/mol. The van der Waals surface area contributed by atoms with E-state index in [0.29, 0.717) is 15.8 Å². The number of amides is 1. The molecule has 0 bridgehead atoms. The lowest BCUT2D eigenvalue weighted by atomic mass is 10.1. The summed E-state index contributed by atoms with van der Waals surface area (Å²) < 4.78 is 19.9. The van der Waals surface area contributed by atoms with Crippen LogP contribution in [0.3, 0.4) is 0 Å². The SMILES string of the molecule is C[C@H](Sc1nnc(-c2sc3ccccc3c2Cl)o1)C(=O)N[C@H](C)c1ccc(F)cc1. The van der Waals surface area contributed by atoms with Crippen LogP contribution in [-0.4, -0.2) is 21.4 Å². The minimum absolute atomic E-state index is 0.184. The molecule has 2 heterocycles. The number of carbonyl (C=O) groups is 1. The molecule has 4 aromatic rings. The van der Waals surface area contributed by atoms with Gasteiger partial charge in [0.1, 0.15) is 10.7 Å². The second-order valence-corrected chi connectivity index (χ2v) is 9.38. The number of rotatable bonds is 6. The predicted octanol–water partition coefficient (Wildman–Crippen LogP) is 6.10. The zero-order chi connectivity index (χ0) is 21.3. The monoisotopic (exact) mass is 461 g/mol. The van der Waals surface area contributed by atoms with Gasteiger partial charge in [-0.1, -0.05) is 53.7 Å². The molecule has 154 valence electrons. The highest BCUT2D eigenvalue weighted by Gasteiger charge is 2.22. The summed E-state index contributed by atoms with van der Waals surface area (Å²) in [5.74, 6) is -0.167. The Hall–Kier alpha value is -2.42. The predicted molar refractivity (Wildman–Crippen MR) is 118 cm³/mol. The maximum absolute atomic E-state index is 13.1. The van der Waals surface area contributed by atoms with Gasteiger partial charge in [0.2, 0.25) is 5.91 Å². The van der Waals surface area contributed by atoms with Crippen LogP contribution in [-0.2, 0) is 4.79 Å². The Kier molecular flexibility index (Phi) is 6.08. The summed E-state index contributed by atoms with van der Waals surface area (Å²) >= 11 is 9.12. The molecule has 0 saturated heterocycles. The fourth-order valence-electron chi connectivity index (χ4n) is 2.87. The number of thiophene rings is 1. The molecule has 0 spiro atoms. The van der Waals surface area contributed by atoms with Crippen molar-refractivity contribution in [2.45, 2.75) is 30.4 Å². The third-order valence-corrected chi connectivity index (χ3v) is 7.11. The van der Waals surface area contributed by atoms with Gasteiger partial charge in [-0.25, -0.2) is 4.39 Å². The molecule has 0 fully saturated rings. The van der Waals surface area contributed by atoms with Gasteiger partial charge in [0.05, 0.1) is 16.3 Å². The van der Waals surface area contributed by atoms with E-state index in [9.17, 15) is 9.18 Å². The molecule has 4 rings (SSSR count). The maximum Gasteiger partial charge on any atom is 0.277 e. The lowest BCUT2D eigenvalue weighted by Gasteiger charge is -2.16. The zero-order valence-electron chi connectivity index (χ0n) is 16.1. The Morgan fingerprint density at radius 1 is 1.17 bits per heavy atom. The number of halogens is 2. The Morgan fingerprint density at radius 3 is 2.63 bits per heavy atom. The lowest BCUT2D eigenvalue weighted by Crippen LogP contribution is -2.33. The molecule has 0 aliphatic heterocycles. The Bertz CT molecular complexity index is 1190. The standard InChI is InChI=1S/C21H17ClFN3O2S2/c1-11(13-7-9-14(23)10-8-13)24-19(27)12(2)29-21-26-25-20(28-21)18-17(22)15-5-3-4-6-16(15)30-18/h3-12H,1-2H3,(H,24,27)/t11-,12+/m1/s1. The number of nitrogens with one attached hydrogen (secondary N) is 1. The summed E-state index contributed by atoms with van der Waals surface area (Å²) in [4.78, 5) is 13.2. The molecule has 2 aromatic heterocycles. The van der Waals surface area contributed by atoms with E-state index in [1.54, 1.807) is 19.1 Å². The highest BCUT2D eigenvalue weighted by molar-refractivity contribution is 8.00. The summed E-state index contributed by atoms with van der Waals surface area (Å²) in [6, 6.07) is 13.6. The molecule has 1 amide bonds. The van der Waals surface area contributed by atoms with E-state index in [4.69, 9.17) is 16.0 Å². The molecule has 0 radical (unpaired) electrons. The summed E-state index contributed by atoms with van der Waals surface area (Å²) in [6.07, 6.45) is 0. The fraction of sp³-hybridized carbons (Fsp3) is 0.190. The summed E-state index contributed by atoms with van der Waals surface area (Å²) in [5.41, 5.74) is 0.821. The smallest absolute Gasteiger partial charge is 0.277 e. The van der Waals surface area contributed by atoms with Gasteiger partial charge in [0, 0.05) is 10.1 Å². The molecule has 9 heteroatoms. The topological polar surface area (TPSA) is 68.0 Å². The van der Waals surface area contributed by atoms with E-state index in [1.807, 2.05) is 31.2 Å². The number of hydrogen-bond acceptors (Lipinski definition) is 6. The van der Waals surface area contributed by atoms with Gasteiger partial charge in [-0.05, 0) is 37.6 Å². The molecule has 30 heavy (non-hydrogen) atoms. The third-order valence-electron chi connectivity index (χ3n) is 4.51. The second kappa shape index (κ2) is 8.75. The number of hydrogen-bond donors (Lipinski definition) is 1. The summed E-state index contributed by atoms with van der Waals surface area (Å²) in [7, 11) is 0. The number of carbonyl (C=O) groups excluding carboxylic acids is 1. The Labute approximate surface area is 185 Å². The molecule has 2 atom stereocenters. The largest absolute Gasteiger partial charge is 0.410 e. The van der Waals surface area contributed by atoms with Crippen molar-refractivity contribution in [3.8, 4) is 10.8 Å². The number of nitrogens with zero attached hydrogens (tertiary/aromatic N) is 2. The van der Waals surface area contributed by atoms with E-state index < -0.39 is 5.25 Å². The number of thioether (sulfide) groups is 1. The summed E-state index contributed by atoms with van der Waals surface area (Å²) in [5, 5.41) is 12.4. The van der Waals surface area contributed by atoms with Crippen LogP contribution < -0.4 is 5.32 Å². The van der Waals surface area contributed by atoms with Crippen molar-refractivity contribution < 1.29 is 13.6 Å². The number of aromatic nitrogens is 2. The van der Waals surface area contributed by atoms with Crippen LogP contribution in [0.5, 0.6) is 0 Å². The van der Waals surface area contributed by atoms with Crippen LogP contribution in [0.25, 0.3) is 20.9 Å². The molecule has 0 aliphatic rings. The van der Waals surface area contributed by atoms with Crippen molar-refractivity contribution in [3.63, 3.8) is 0 Å². The average molecular weight is 462 g/mol. The Balaban J connectivity index is 1.43. The number of fused-ring (bicyclic) bond motifs is 1. The van der Waals surface area contributed by atoms with Crippen LogP contribution in [0.15, 0.2) is 58.2 Å². The molecule has 0 aliphatic carbocycles. The van der Waals surface area contributed by atoms with Gasteiger partial charge < -0.3 is 9.73 Å². The molecule has 0 unspecified atom stereocenters. The Morgan fingerprint density at radius 2 is 1.90 bits per heavy atom. The normalized spacial score (nSPS) is 13.3. The van der Waals surface area contributed by atoms with Crippen LogP contribution in [0.2, 0.25) is 5.02 Å². The first-order valence-corrected chi connectivity index (χ1v) is 11.2. The van der Waals surface area contributed by atoms with Crippen LogP contribution in [0, 0.1) is 5.82 Å². The first kappa shape index (κ1) is 20.8. The highest BCUT2D eigenvalue weighted by Crippen LogP contribution is 2.42. The molecular formula is C21H17ClFN3O2S2. The van der Waals surface area contributed by atoms with Gasteiger partial charge >= 0.3 is 0 Å². The molecule has 0 saturated carbocycles. The van der Waals surface area contributed by atoms with Crippen LogP contribution in [0.1, 0.15) is 25.5 Å². The second-order valence-electron chi connectivity index (χ2n) is 6.66. The maximum atomic E-state index is 13.1. The van der Waals surface area contributed by atoms with Gasteiger partial charge in [-0.15, -0.1) is 21.5 Å². The number of benzene rings is 2. The first-order valence-electron chi connectivity index (χ1n) is 9.16. The minimum atomic E-state index is -0.459. The van der Waals surface area contributed by atoms with Crippen molar-refractivity contribution in [3.05, 3.63) is 64.9 Å². The van der Waals surface area contributed by atoms with Crippen molar-refractivity contribution in [1.29, 1.82) is 0 Å². The van der Waals surface area contributed by atoms with Gasteiger partial charge in [-0.2, -0.15) is 0 Å². The van der Waals surface area contributed by atoms with Gasteiger partial charge in [-0.3, -0.25) is 4.79 Å². The zero-order valence-corrected chi connectivity index (χ0v) is 18.4. The van der Waals surface area contributed by atoms with Crippen LogP contribution in [0.4, 0.5) is 4.39 Å². The van der Waals surface area contributed by atoms with Crippen molar-refractivity contribution in [1.82, 2.24) is 15.5 Å². The van der Waals surface area contributed by atoms with Crippen molar-refractivity contribution in [2.24, 2.45) is 0 Å². The van der Waals surface area contributed by atoms with E-state index in [1.165, 1.54) is 35.2 Å². The molecule has 5 nitrogen and oxygen atoms in total. The quantitative estimate of drug-likeness (QED) is 0.351. The van der Waals surface area contributed by atoms with Crippen molar-refractivity contribution in [2.75, 3.05) is 0 Å². The van der Waals surface area contributed by atoms with Gasteiger partial charge in [0.15, 0.2) is 0 Å².